The van der Waals surface area contributed by atoms with Gasteiger partial charge in [0.25, 0.3) is 0 Å². The number of benzene rings is 1. The predicted octanol–water partition coefficient (Wildman–Crippen LogP) is 4.56. The summed E-state index contributed by atoms with van der Waals surface area (Å²) in [4.78, 5) is 25.3. The second-order valence-electron chi connectivity index (χ2n) is 6.10. The molecule has 2 aromatic heterocycles. The van der Waals surface area contributed by atoms with Crippen molar-refractivity contribution in [2.45, 2.75) is 45.0 Å². The average Bonchev–Trinajstić information content (AvgIpc) is 2.87. The maximum absolute atomic E-state index is 13.0. The van der Waals surface area contributed by atoms with Gasteiger partial charge in [-0.15, -0.1) is 0 Å². The van der Waals surface area contributed by atoms with Gasteiger partial charge in [-0.05, 0) is 46.2 Å². The fourth-order valence-corrected chi connectivity index (χ4v) is 3.72. The van der Waals surface area contributed by atoms with Crippen LogP contribution in [-0.2, 0) is 0 Å². The highest BCUT2D eigenvalue weighted by Crippen LogP contribution is 2.29. The zero-order valence-electron chi connectivity index (χ0n) is 14.6. The molecule has 124 valence electrons. The highest BCUT2D eigenvalue weighted by Gasteiger charge is 2.23. The van der Waals surface area contributed by atoms with E-state index in [1.165, 1.54) is 11.8 Å². The number of rotatable bonds is 4. The fraction of sp³-hybridized carbons (Fsp3) is 0.316. The number of nitrogens with one attached hydrogen (secondary N) is 1. The fourth-order valence-electron chi connectivity index (χ4n) is 2.80. The van der Waals surface area contributed by atoms with E-state index in [0.717, 1.165) is 39.1 Å². The van der Waals surface area contributed by atoms with Gasteiger partial charge in [-0.25, -0.2) is 9.97 Å². The Kier molecular flexibility index (Phi) is 4.45. The second kappa shape index (κ2) is 6.40. The lowest BCUT2D eigenvalue weighted by molar-refractivity contribution is 0.0995. The second-order valence-corrected chi connectivity index (χ2v) is 7.40. The molecule has 3 rings (SSSR count). The van der Waals surface area contributed by atoms with E-state index < -0.39 is 0 Å². The number of hydrogen-bond donors (Lipinski definition) is 1. The van der Waals surface area contributed by atoms with Crippen LogP contribution in [0.5, 0.6) is 0 Å². The number of hydrogen-bond acceptors (Lipinski definition) is 4. The van der Waals surface area contributed by atoms with Crippen LogP contribution in [0, 0.1) is 27.7 Å². The predicted molar refractivity (Wildman–Crippen MR) is 98.9 cm³/mol. The Morgan fingerprint density at radius 1 is 1.08 bits per heavy atom. The van der Waals surface area contributed by atoms with Gasteiger partial charge in [0.2, 0.25) is 0 Å². The molecule has 0 spiro atoms. The van der Waals surface area contributed by atoms with E-state index in [-0.39, 0.29) is 11.0 Å². The van der Waals surface area contributed by atoms with E-state index in [9.17, 15) is 4.79 Å². The van der Waals surface area contributed by atoms with Crippen molar-refractivity contribution in [3.8, 4) is 0 Å². The lowest BCUT2D eigenvalue weighted by atomic mass is 10.1. The van der Waals surface area contributed by atoms with Gasteiger partial charge in [0.15, 0.2) is 10.9 Å². The van der Waals surface area contributed by atoms with Gasteiger partial charge in [0.1, 0.15) is 0 Å². The van der Waals surface area contributed by atoms with Gasteiger partial charge in [-0.3, -0.25) is 4.79 Å². The van der Waals surface area contributed by atoms with Crippen LogP contribution in [-0.4, -0.2) is 26.0 Å². The first kappa shape index (κ1) is 16.7. The third-order valence-corrected chi connectivity index (χ3v) is 5.36. The number of carbonyl (C=O) groups excluding carboxylic acids is 1. The van der Waals surface area contributed by atoms with E-state index in [2.05, 4.69) is 15.0 Å². The van der Waals surface area contributed by atoms with Crippen LogP contribution < -0.4 is 0 Å². The van der Waals surface area contributed by atoms with Gasteiger partial charge in [-0.1, -0.05) is 30.0 Å². The molecule has 0 aliphatic rings. The monoisotopic (exact) mass is 339 g/mol. The Morgan fingerprint density at radius 3 is 2.38 bits per heavy atom. The van der Waals surface area contributed by atoms with Gasteiger partial charge in [0.05, 0.1) is 5.25 Å². The molecule has 24 heavy (non-hydrogen) atoms. The Balaban J connectivity index is 1.91. The summed E-state index contributed by atoms with van der Waals surface area (Å²) >= 11 is 1.42. The van der Waals surface area contributed by atoms with Crippen molar-refractivity contribution in [3.05, 3.63) is 52.5 Å². The molecule has 3 aromatic rings. The summed E-state index contributed by atoms with van der Waals surface area (Å²) in [6.07, 6.45) is 0. The van der Waals surface area contributed by atoms with Crippen LogP contribution in [0.2, 0.25) is 0 Å². The number of thioether (sulfide) groups is 1. The van der Waals surface area contributed by atoms with Gasteiger partial charge in [0, 0.05) is 33.5 Å². The van der Waals surface area contributed by atoms with Crippen molar-refractivity contribution in [2.75, 3.05) is 0 Å². The van der Waals surface area contributed by atoms with Crippen LogP contribution in [0.25, 0.3) is 10.9 Å². The van der Waals surface area contributed by atoms with E-state index in [4.69, 9.17) is 0 Å². The smallest absolute Gasteiger partial charge is 0.188 e. The largest absolute Gasteiger partial charge is 0.358 e. The molecule has 4 nitrogen and oxygen atoms in total. The maximum Gasteiger partial charge on any atom is 0.188 e. The van der Waals surface area contributed by atoms with Crippen LogP contribution in [0.3, 0.4) is 0 Å². The van der Waals surface area contributed by atoms with Crippen molar-refractivity contribution in [1.29, 1.82) is 0 Å². The minimum atomic E-state index is -0.246. The Hall–Kier alpha value is -2.14. The number of aryl methyl sites for hydroxylation is 3. The molecule has 1 N–H and O–H groups in total. The lowest BCUT2D eigenvalue weighted by Gasteiger charge is -2.11. The number of Topliss-reactive ketones (excluding diaryl/α,β-unsaturated/α-hetero) is 1. The Labute approximate surface area is 146 Å². The number of fused-ring (bicyclic) bond motifs is 1. The molecule has 0 saturated heterocycles. The quantitative estimate of drug-likeness (QED) is 0.430. The van der Waals surface area contributed by atoms with Crippen LogP contribution in [0.15, 0.2) is 29.4 Å². The minimum absolute atomic E-state index is 0.106. The molecule has 0 saturated carbocycles. The molecule has 0 fully saturated rings. The van der Waals surface area contributed by atoms with Crippen molar-refractivity contribution in [1.82, 2.24) is 15.0 Å². The number of ketones is 1. The lowest BCUT2D eigenvalue weighted by Crippen LogP contribution is -2.15. The van der Waals surface area contributed by atoms with Gasteiger partial charge < -0.3 is 4.98 Å². The van der Waals surface area contributed by atoms with Crippen molar-refractivity contribution in [3.63, 3.8) is 0 Å². The molecule has 0 unspecified atom stereocenters. The normalized spacial score (nSPS) is 12.5. The van der Waals surface area contributed by atoms with Crippen LogP contribution in [0.4, 0.5) is 0 Å². The standard InChI is InChI=1S/C19H21N3OS/c1-10-11(2)21-19(22-12(10)3)24-14(5)18(23)17-13(4)20-16-9-7-6-8-15(16)17/h6-9,14,20H,1-5H3/t14-/m0/s1. The van der Waals surface area contributed by atoms with Crippen LogP contribution >= 0.6 is 11.8 Å². The first-order chi connectivity index (χ1) is 11.4. The zero-order valence-corrected chi connectivity index (χ0v) is 15.4. The highest BCUT2D eigenvalue weighted by molar-refractivity contribution is 8.00. The molecule has 5 heteroatoms. The summed E-state index contributed by atoms with van der Waals surface area (Å²) in [5.41, 5.74) is 5.71. The highest BCUT2D eigenvalue weighted by atomic mass is 32.2. The van der Waals surface area contributed by atoms with Crippen molar-refractivity contribution in [2.24, 2.45) is 0 Å². The summed E-state index contributed by atoms with van der Waals surface area (Å²) in [5, 5.41) is 1.39. The molecule has 0 amide bonds. The van der Waals surface area contributed by atoms with E-state index in [0.29, 0.717) is 5.16 Å². The summed E-state index contributed by atoms with van der Waals surface area (Å²) in [6.45, 7) is 9.83. The summed E-state index contributed by atoms with van der Waals surface area (Å²) in [7, 11) is 0. The van der Waals surface area contributed by atoms with Gasteiger partial charge in [-0.2, -0.15) is 0 Å². The average molecular weight is 339 g/mol. The summed E-state index contributed by atoms with van der Waals surface area (Å²) in [6, 6.07) is 7.91. The topological polar surface area (TPSA) is 58.6 Å². The number of carbonyl (C=O) groups is 1. The molecule has 0 aliphatic heterocycles. The molecule has 0 bridgehead atoms. The first-order valence-corrected chi connectivity index (χ1v) is 8.86. The Morgan fingerprint density at radius 2 is 1.71 bits per heavy atom. The molecule has 1 atom stereocenters. The van der Waals surface area contributed by atoms with Crippen molar-refractivity contribution < 1.29 is 4.79 Å². The maximum atomic E-state index is 13.0. The van der Waals surface area contributed by atoms with E-state index in [1.54, 1.807) is 0 Å². The number of aromatic amines is 1. The number of aromatic nitrogens is 3. The first-order valence-electron chi connectivity index (χ1n) is 7.98. The third kappa shape index (κ3) is 2.96. The molecule has 2 heterocycles. The Bertz CT molecular complexity index is 907. The minimum Gasteiger partial charge on any atom is -0.358 e. The van der Waals surface area contributed by atoms with E-state index in [1.807, 2.05) is 58.9 Å². The molecule has 0 aliphatic carbocycles. The number of H-pyrrole nitrogens is 1. The van der Waals surface area contributed by atoms with Crippen molar-refractivity contribution >= 4 is 28.4 Å². The van der Waals surface area contributed by atoms with Gasteiger partial charge >= 0.3 is 0 Å². The SMILES string of the molecule is Cc1nc(S[C@@H](C)C(=O)c2c(C)[nH]c3ccccc23)nc(C)c1C. The number of nitrogens with zero attached hydrogens (tertiary/aromatic N) is 2. The number of para-hydroxylation sites is 1. The van der Waals surface area contributed by atoms with E-state index >= 15 is 0 Å². The molecular weight excluding hydrogens is 318 g/mol. The summed E-state index contributed by atoms with van der Waals surface area (Å²) in [5.74, 6) is 0.106. The molecule has 0 radical (unpaired) electrons. The molecule has 1 aromatic carbocycles. The molecular formula is C19H21N3OS. The third-order valence-electron chi connectivity index (χ3n) is 4.40. The summed E-state index contributed by atoms with van der Waals surface area (Å²) < 4.78 is 0. The zero-order chi connectivity index (χ0) is 17.4. The van der Waals surface area contributed by atoms with Crippen LogP contribution in [0.1, 0.15) is 39.9 Å².